The molecule has 7 rings (SSSR count). The average molecular weight is 512 g/mol. The first kappa shape index (κ1) is 23.8. The van der Waals surface area contributed by atoms with Crippen LogP contribution in [0.3, 0.4) is 0 Å². The quantitative estimate of drug-likeness (QED) is 0.447. The van der Waals surface area contributed by atoms with E-state index in [1.807, 2.05) is 61.0 Å². The Bertz CT molecular complexity index is 1700. The van der Waals surface area contributed by atoms with E-state index in [0.717, 1.165) is 57.4 Å². The summed E-state index contributed by atoms with van der Waals surface area (Å²) in [6.07, 6.45) is 7.79. The fourth-order valence-electron chi connectivity index (χ4n) is 6.53. The largest absolute Gasteiger partial charge is 0.489 e. The smallest absolute Gasteiger partial charge is 0.164 e. The normalized spacial score (nSPS) is 24.4. The van der Waals surface area contributed by atoms with Gasteiger partial charge >= 0.3 is 0 Å². The molecule has 2 aliphatic heterocycles. The molecule has 2 aliphatic carbocycles. The summed E-state index contributed by atoms with van der Waals surface area (Å²) in [5.74, 6) is 1.13. The molecule has 5 nitrogen and oxygen atoms in total. The van der Waals surface area contributed by atoms with Crippen molar-refractivity contribution < 1.29 is 9.53 Å². The Morgan fingerprint density at radius 2 is 1.85 bits per heavy atom. The lowest BCUT2D eigenvalue weighted by Crippen LogP contribution is -2.44. The van der Waals surface area contributed by atoms with Gasteiger partial charge in [-0.1, -0.05) is 44.2 Å². The first-order valence-electron chi connectivity index (χ1n) is 13.5. The number of nitrogens with zero attached hydrogens (tertiary/aromatic N) is 2. The van der Waals surface area contributed by atoms with Gasteiger partial charge in [-0.2, -0.15) is 5.26 Å². The van der Waals surface area contributed by atoms with Crippen LogP contribution in [-0.4, -0.2) is 12.0 Å². The van der Waals surface area contributed by atoms with Gasteiger partial charge in [0, 0.05) is 23.4 Å². The van der Waals surface area contributed by atoms with Gasteiger partial charge in [-0.05, 0) is 94.1 Å². The summed E-state index contributed by atoms with van der Waals surface area (Å²) in [6, 6.07) is 22.3. The van der Waals surface area contributed by atoms with Crippen LogP contribution in [0.5, 0.6) is 5.75 Å². The van der Waals surface area contributed by atoms with Gasteiger partial charge in [0.15, 0.2) is 5.78 Å². The predicted octanol–water partition coefficient (Wildman–Crippen LogP) is 6.16. The van der Waals surface area contributed by atoms with Crippen molar-refractivity contribution >= 4 is 17.6 Å². The Morgan fingerprint density at radius 1 is 1.05 bits per heavy atom. The number of ether oxygens (including phenoxy) is 1. The Labute approximate surface area is 228 Å². The van der Waals surface area contributed by atoms with Crippen LogP contribution in [0, 0.1) is 22.7 Å². The third-order valence-electron chi connectivity index (χ3n) is 8.76. The second-order valence-corrected chi connectivity index (χ2v) is 11.7. The summed E-state index contributed by atoms with van der Waals surface area (Å²) in [5.41, 5.74) is 14.2. The lowest BCUT2D eigenvalue weighted by Gasteiger charge is -2.39. The topological polar surface area (TPSA) is 88.5 Å². The SMILES string of the molecule is CC1(C)C=NC=C1[C@@]1(N)c2ccc(C#N)c(c2)COc2cccc(c2)C2=CC(=O)C(C3CC3)c3ccc1cc32. The third-order valence-corrected chi connectivity index (χ3v) is 8.76. The highest BCUT2D eigenvalue weighted by Gasteiger charge is 2.45. The van der Waals surface area contributed by atoms with E-state index in [9.17, 15) is 10.1 Å². The molecule has 192 valence electrons. The number of allylic oxidation sites excluding steroid dienone is 1. The number of nitriles is 1. The van der Waals surface area contributed by atoms with Crippen molar-refractivity contribution in [2.45, 2.75) is 44.8 Å². The van der Waals surface area contributed by atoms with Crippen LogP contribution in [0.4, 0.5) is 0 Å². The molecule has 1 saturated carbocycles. The van der Waals surface area contributed by atoms with Crippen molar-refractivity contribution in [1.29, 1.82) is 5.26 Å². The van der Waals surface area contributed by atoms with Gasteiger partial charge in [0.25, 0.3) is 0 Å². The zero-order valence-electron chi connectivity index (χ0n) is 22.1. The molecule has 5 heteroatoms. The summed E-state index contributed by atoms with van der Waals surface area (Å²) < 4.78 is 6.23. The van der Waals surface area contributed by atoms with Crippen LogP contribution in [0.1, 0.15) is 71.6 Å². The maximum atomic E-state index is 13.5. The van der Waals surface area contributed by atoms with Crippen LogP contribution >= 0.6 is 0 Å². The second kappa shape index (κ2) is 8.36. The highest BCUT2D eigenvalue weighted by molar-refractivity contribution is 6.08. The molecule has 2 N–H and O–H groups in total. The van der Waals surface area contributed by atoms with Crippen molar-refractivity contribution in [3.8, 4) is 11.8 Å². The van der Waals surface area contributed by atoms with Crippen LogP contribution in [-0.2, 0) is 16.9 Å². The minimum Gasteiger partial charge on any atom is -0.489 e. The molecule has 1 fully saturated rings. The van der Waals surface area contributed by atoms with Crippen molar-refractivity contribution in [3.05, 3.63) is 117 Å². The van der Waals surface area contributed by atoms with Crippen LogP contribution in [0.2, 0.25) is 0 Å². The number of hydrogen-bond acceptors (Lipinski definition) is 5. The molecule has 3 aromatic rings. The number of benzene rings is 3. The molecular weight excluding hydrogens is 482 g/mol. The van der Waals surface area contributed by atoms with Gasteiger partial charge in [0.2, 0.25) is 0 Å². The summed E-state index contributed by atoms with van der Waals surface area (Å²) in [7, 11) is 0. The maximum absolute atomic E-state index is 13.5. The number of hydrogen-bond donors (Lipinski definition) is 1. The number of rotatable bonds is 2. The first-order valence-corrected chi connectivity index (χ1v) is 13.5. The minimum absolute atomic E-state index is 0.118. The van der Waals surface area contributed by atoms with Crippen LogP contribution in [0.25, 0.3) is 5.57 Å². The zero-order valence-corrected chi connectivity index (χ0v) is 22.1. The van der Waals surface area contributed by atoms with E-state index in [0.29, 0.717) is 17.2 Å². The van der Waals surface area contributed by atoms with E-state index < -0.39 is 5.54 Å². The number of nitrogens with two attached hydrogens (primary N) is 1. The van der Waals surface area contributed by atoms with Crippen LogP contribution in [0.15, 0.2) is 83.5 Å². The van der Waals surface area contributed by atoms with E-state index in [-0.39, 0.29) is 23.7 Å². The van der Waals surface area contributed by atoms with Gasteiger partial charge in [-0.25, -0.2) is 0 Å². The number of fused-ring (bicyclic) bond motifs is 6. The fourth-order valence-corrected chi connectivity index (χ4v) is 6.53. The van der Waals surface area contributed by atoms with E-state index in [2.05, 4.69) is 43.1 Å². The second-order valence-electron chi connectivity index (χ2n) is 11.7. The summed E-state index contributed by atoms with van der Waals surface area (Å²) >= 11 is 0. The van der Waals surface area contributed by atoms with Gasteiger partial charge in [-0.3, -0.25) is 9.79 Å². The van der Waals surface area contributed by atoms with Gasteiger partial charge in [-0.15, -0.1) is 0 Å². The molecule has 1 unspecified atom stereocenters. The van der Waals surface area contributed by atoms with Crippen molar-refractivity contribution in [2.24, 2.45) is 22.1 Å². The molecule has 0 amide bonds. The fraction of sp³-hybridized carbons (Fsp3) is 0.265. The molecule has 2 heterocycles. The molecule has 39 heavy (non-hydrogen) atoms. The maximum Gasteiger partial charge on any atom is 0.164 e. The van der Waals surface area contributed by atoms with E-state index >= 15 is 0 Å². The molecule has 2 atom stereocenters. The molecule has 0 saturated heterocycles. The molecule has 4 aliphatic rings. The number of aliphatic imine (C=N–C) groups is 1. The summed E-state index contributed by atoms with van der Waals surface area (Å²) in [4.78, 5) is 18.0. The molecule has 3 aromatic carbocycles. The lowest BCUT2D eigenvalue weighted by atomic mass is 9.67. The number of carbonyl (C=O) groups is 1. The van der Waals surface area contributed by atoms with Gasteiger partial charge in [0.1, 0.15) is 12.4 Å². The first-order chi connectivity index (χ1) is 18.8. The van der Waals surface area contributed by atoms with Gasteiger partial charge in [0.05, 0.1) is 23.1 Å². The van der Waals surface area contributed by atoms with E-state index in [1.165, 1.54) is 0 Å². The highest BCUT2D eigenvalue weighted by Crippen LogP contribution is 2.51. The average Bonchev–Trinajstić information content (AvgIpc) is 3.71. The summed E-state index contributed by atoms with van der Waals surface area (Å²) in [6.45, 7) is 4.46. The molecule has 0 radical (unpaired) electrons. The summed E-state index contributed by atoms with van der Waals surface area (Å²) in [5, 5.41) is 9.87. The monoisotopic (exact) mass is 511 g/mol. The van der Waals surface area contributed by atoms with E-state index in [1.54, 1.807) is 0 Å². The van der Waals surface area contributed by atoms with Crippen molar-refractivity contribution in [1.82, 2.24) is 0 Å². The molecular formula is C34H29N3O2. The molecule has 0 spiro atoms. The highest BCUT2D eigenvalue weighted by atomic mass is 16.5. The number of ketones is 1. The Balaban J connectivity index is 1.54. The zero-order chi connectivity index (χ0) is 26.9. The standard InChI is InChI=1S/C34H29N3O2/c1-33(2)19-37-17-31(33)34(36)24-9-8-22(16-35)23(12-24)18-39-26-5-3-4-21(13-26)28-15-30(38)32(20-6-7-20)27-11-10-25(34)14-29(27)28/h3-5,8-15,17,19-20,32H,6-7,18,36H2,1-2H3/t32?,34-/m1/s1. The van der Waals surface area contributed by atoms with Crippen molar-refractivity contribution in [2.75, 3.05) is 0 Å². The Hall–Kier alpha value is -4.27. The Kier molecular flexibility index (Phi) is 5.11. The van der Waals surface area contributed by atoms with Crippen LogP contribution < -0.4 is 10.5 Å². The minimum atomic E-state index is -1.02. The van der Waals surface area contributed by atoms with Crippen molar-refractivity contribution in [3.63, 3.8) is 0 Å². The van der Waals surface area contributed by atoms with E-state index in [4.69, 9.17) is 10.5 Å². The lowest BCUT2D eigenvalue weighted by molar-refractivity contribution is -0.116. The third kappa shape index (κ3) is 3.63. The van der Waals surface area contributed by atoms with Gasteiger partial charge < -0.3 is 10.5 Å². The number of carbonyl (C=O) groups excluding carboxylic acids is 1. The molecule has 6 bridgehead atoms. The molecule has 0 aromatic heterocycles. The Morgan fingerprint density at radius 3 is 2.59 bits per heavy atom. The predicted molar refractivity (Wildman–Crippen MR) is 151 cm³/mol.